The zero-order valence-corrected chi connectivity index (χ0v) is 6.44. The van der Waals surface area contributed by atoms with E-state index in [1.165, 1.54) is 6.07 Å². The Hall–Kier alpha value is -2.07. The highest BCUT2D eigenvalue weighted by Gasteiger charge is 2.08. The second kappa shape index (κ2) is 3.55. The van der Waals surface area contributed by atoms with E-state index in [0.29, 0.717) is 0 Å². The molecule has 0 radical (unpaired) electrons. The van der Waals surface area contributed by atoms with Gasteiger partial charge in [0, 0.05) is 5.92 Å². The van der Waals surface area contributed by atoms with Gasteiger partial charge in [0.2, 0.25) is 0 Å². The van der Waals surface area contributed by atoms with Gasteiger partial charge in [-0.25, -0.2) is 8.78 Å². The molecule has 0 fully saturated rings. The fourth-order valence-corrected chi connectivity index (χ4v) is 0.774. The predicted molar refractivity (Wildman–Crippen MR) is 43.3 cm³/mol. The lowest BCUT2D eigenvalue weighted by atomic mass is 10.2. The molecular weight excluding hydrogens is 174 g/mol. The molecule has 64 valence electrons. The summed E-state index contributed by atoms with van der Waals surface area (Å²) < 4.78 is 25.9. The summed E-state index contributed by atoms with van der Waals surface area (Å²) in [4.78, 5) is 0. The number of nitrogen functional groups attached to an aromatic ring is 1. The summed E-state index contributed by atoms with van der Waals surface area (Å²) >= 11 is 0. The second-order valence-corrected chi connectivity index (χ2v) is 2.19. The van der Waals surface area contributed by atoms with Crippen LogP contribution in [0.3, 0.4) is 0 Å². The minimum absolute atomic E-state index is 0.191. The van der Waals surface area contributed by atoms with Crippen molar-refractivity contribution in [3.63, 3.8) is 0 Å². The highest BCUT2D eigenvalue weighted by molar-refractivity contribution is 5.50. The Balaban J connectivity index is 3.36. The first-order chi connectivity index (χ1) is 6.16. The molecule has 13 heavy (non-hydrogen) atoms. The molecule has 1 rings (SSSR count). The van der Waals surface area contributed by atoms with Crippen LogP contribution < -0.4 is 5.73 Å². The van der Waals surface area contributed by atoms with Crippen molar-refractivity contribution in [1.82, 2.24) is 0 Å². The van der Waals surface area contributed by atoms with Crippen LogP contribution in [0, 0.1) is 34.8 Å². The van der Waals surface area contributed by atoms with E-state index in [1.54, 1.807) is 0 Å². The fraction of sp³-hybridized carbons (Fsp3) is 0. The van der Waals surface area contributed by atoms with Gasteiger partial charge in [-0.1, -0.05) is 0 Å². The molecule has 0 saturated heterocycles. The molecule has 2 nitrogen and oxygen atoms in total. The number of halogens is 2. The molecule has 0 spiro atoms. The smallest absolute Gasteiger partial charge is 0.164 e. The third kappa shape index (κ3) is 1.74. The lowest BCUT2D eigenvalue weighted by Gasteiger charge is -1.99. The van der Waals surface area contributed by atoms with Gasteiger partial charge in [-0.2, -0.15) is 5.26 Å². The second-order valence-electron chi connectivity index (χ2n) is 2.19. The molecule has 0 bridgehead atoms. The van der Waals surface area contributed by atoms with Crippen molar-refractivity contribution >= 4 is 5.69 Å². The van der Waals surface area contributed by atoms with E-state index >= 15 is 0 Å². The van der Waals surface area contributed by atoms with Gasteiger partial charge in [-0.15, -0.1) is 0 Å². The van der Waals surface area contributed by atoms with E-state index in [9.17, 15) is 8.78 Å². The molecule has 0 amide bonds. The third-order valence-corrected chi connectivity index (χ3v) is 1.36. The molecule has 0 aromatic heterocycles. The summed E-state index contributed by atoms with van der Waals surface area (Å²) in [5, 5.41) is 8.08. The number of nitrogens with two attached hydrogens (primary N) is 1. The number of anilines is 1. The highest BCUT2D eigenvalue weighted by Crippen LogP contribution is 2.17. The SMILES string of the molecule is N#CC#Cc1c(F)ccc(N)c1F. The van der Waals surface area contributed by atoms with Gasteiger partial charge in [0.25, 0.3) is 0 Å². The van der Waals surface area contributed by atoms with Gasteiger partial charge in [-0.05, 0) is 18.1 Å². The Kier molecular flexibility index (Phi) is 2.47. The standard InChI is InChI=1S/C9H4F2N2/c10-7-3-4-8(13)9(11)6(7)2-1-5-12/h3-4H,13H2. The van der Waals surface area contributed by atoms with Crippen LogP contribution in [0.2, 0.25) is 0 Å². The lowest BCUT2D eigenvalue weighted by molar-refractivity contribution is 0.580. The Morgan fingerprint density at radius 3 is 2.62 bits per heavy atom. The first kappa shape index (κ1) is 9.02. The van der Waals surface area contributed by atoms with E-state index in [1.807, 2.05) is 11.8 Å². The molecule has 1 aromatic rings. The summed E-state index contributed by atoms with van der Waals surface area (Å²) in [5.74, 6) is 2.17. The number of benzene rings is 1. The van der Waals surface area contributed by atoms with Gasteiger partial charge in [-0.3, -0.25) is 0 Å². The summed E-state index contributed by atoms with van der Waals surface area (Å²) in [7, 11) is 0. The molecule has 0 saturated carbocycles. The van der Waals surface area contributed by atoms with E-state index in [-0.39, 0.29) is 5.69 Å². The summed E-state index contributed by atoms with van der Waals surface area (Å²) in [5.41, 5.74) is 4.51. The molecule has 0 unspecified atom stereocenters. The Bertz CT molecular complexity index is 435. The molecule has 0 aliphatic heterocycles. The fourth-order valence-electron chi connectivity index (χ4n) is 0.774. The topological polar surface area (TPSA) is 49.8 Å². The molecule has 0 atom stereocenters. The summed E-state index contributed by atoms with van der Waals surface area (Å²) in [6, 6.07) is 3.55. The summed E-state index contributed by atoms with van der Waals surface area (Å²) in [6.07, 6.45) is 0. The number of nitrogens with zero attached hydrogens (tertiary/aromatic N) is 1. The van der Waals surface area contributed by atoms with Gasteiger partial charge in [0.15, 0.2) is 11.9 Å². The number of hydrogen-bond acceptors (Lipinski definition) is 2. The maximum atomic E-state index is 13.0. The van der Waals surface area contributed by atoms with Crippen LogP contribution in [-0.4, -0.2) is 0 Å². The van der Waals surface area contributed by atoms with Crippen LogP contribution >= 0.6 is 0 Å². The largest absolute Gasteiger partial charge is 0.396 e. The Morgan fingerprint density at radius 2 is 2.00 bits per heavy atom. The minimum Gasteiger partial charge on any atom is -0.396 e. The predicted octanol–water partition coefficient (Wildman–Crippen LogP) is 1.42. The maximum absolute atomic E-state index is 13.0. The van der Waals surface area contributed by atoms with Gasteiger partial charge >= 0.3 is 0 Å². The zero-order chi connectivity index (χ0) is 9.84. The van der Waals surface area contributed by atoms with Crippen molar-refractivity contribution in [2.75, 3.05) is 5.73 Å². The van der Waals surface area contributed by atoms with Gasteiger partial charge in [0.1, 0.15) is 5.82 Å². The van der Waals surface area contributed by atoms with Crippen LogP contribution in [0.25, 0.3) is 0 Å². The first-order valence-corrected chi connectivity index (χ1v) is 3.30. The van der Waals surface area contributed by atoms with Crippen molar-refractivity contribution in [2.45, 2.75) is 0 Å². The van der Waals surface area contributed by atoms with Crippen molar-refractivity contribution in [3.8, 4) is 17.9 Å². The van der Waals surface area contributed by atoms with Crippen LogP contribution in [0.4, 0.5) is 14.5 Å². The Morgan fingerprint density at radius 1 is 1.31 bits per heavy atom. The summed E-state index contributed by atoms with van der Waals surface area (Å²) in [6.45, 7) is 0. The average Bonchev–Trinajstić information content (AvgIpc) is 2.12. The highest BCUT2D eigenvalue weighted by atomic mass is 19.1. The van der Waals surface area contributed by atoms with E-state index in [2.05, 4.69) is 0 Å². The van der Waals surface area contributed by atoms with Crippen LogP contribution in [0.15, 0.2) is 12.1 Å². The van der Waals surface area contributed by atoms with Gasteiger partial charge < -0.3 is 5.73 Å². The lowest BCUT2D eigenvalue weighted by Crippen LogP contribution is -1.96. The van der Waals surface area contributed by atoms with Crippen LogP contribution in [-0.2, 0) is 0 Å². The first-order valence-electron chi connectivity index (χ1n) is 3.30. The van der Waals surface area contributed by atoms with E-state index in [4.69, 9.17) is 11.0 Å². The van der Waals surface area contributed by atoms with Gasteiger partial charge in [0.05, 0.1) is 11.3 Å². The normalized spacial score (nSPS) is 8.38. The van der Waals surface area contributed by atoms with Crippen molar-refractivity contribution in [2.24, 2.45) is 0 Å². The van der Waals surface area contributed by atoms with Crippen molar-refractivity contribution in [1.29, 1.82) is 5.26 Å². The number of hydrogen-bond donors (Lipinski definition) is 1. The third-order valence-electron chi connectivity index (χ3n) is 1.36. The average molecular weight is 178 g/mol. The Labute approximate surface area is 73.6 Å². The number of nitriles is 1. The van der Waals surface area contributed by atoms with Crippen LogP contribution in [0.5, 0.6) is 0 Å². The molecule has 2 N–H and O–H groups in total. The van der Waals surface area contributed by atoms with E-state index in [0.717, 1.165) is 12.1 Å². The maximum Gasteiger partial charge on any atom is 0.164 e. The molecule has 0 aliphatic carbocycles. The molecule has 4 heteroatoms. The van der Waals surface area contributed by atoms with Crippen molar-refractivity contribution in [3.05, 3.63) is 29.3 Å². The monoisotopic (exact) mass is 178 g/mol. The molecule has 0 aliphatic rings. The minimum atomic E-state index is -0.928. The quantitative estimate of drug-likeness (QED) is 0.482. The molecule has 0 heterocycles. The van der Waals surface area contributed by atoms with Crippen molar-refractivity contribution < 1.29 is 8.78 Å². The number of rotatable bonds is 0. The molecule has 1 aromatic carbocycles. The van der Waals surface area contributed by atoms with Crippen LogP contribution in [0.1, 0.15) is 5.56 Å². The molecular formula is C9H4F2N2. The zero-order valence-electron chi connectivity index (χ0n) is 6.44. The van der Waals surface area contributed by atoms with E-state index < -0.39 is 17.2 Å².